The van der Waals surface area contributed by atoms with Crippen LogP contribution < -0.4 is 42.3 Å². The summed E-state index contributed by atoms with van der Waals surface area (Å²) in [7, 11) is 3.45. The summed E-state index contributed by atoms with van der Waals surface area (Å²) in [5.74, 6) is 0.911. The van der Waals surface area contributed by atoms with Crippen LogP contribution >= 0.6 is 0 Å². The first-order chi connectivity index (χ1) is 28.2. The van der Waals surface area contributed by atoms with Gasteiger partial charge in [0.2, 0.25) is 0 Å². The molecule has 6 aromatic rings. The number of ether oxygens (including phenoxy) is 2. The number of hydrogen-bond donors (Lipinski definition) is 0. The van der Waals surface area contributed by atoms with Gasteiger partial charge >= 0.3 is 0 Å². The number of methoxy groups -OCH3 is 2. The van der Waals surface area contributed by atoms with Gasteiger partial charge in [-0.2, -0.15) is 45.4 Å². The Balaban J connectivity index is 0.000000221. The molecule has 0 saturated carbocycles. The summed E-state index contributed by atoms with van der Waals surface area (Å²) in [4.78, 5) is 0. The number of rotatable bonds is 18. The van der Waals surface area contributed by atoms with Crippen LogP contribution in [0.15, 0.2) is 146 Å². The number of halogens is 3. The maximum atomic E-state index is 13.6. The molecule has 7 heteroatoms. The second-order valence-electron chi connectivity index (χ2n) is 15.9. The van der Waals surface area contributed by atoms with Crippen molar-refractivity contribution >= 4 is 45.1 Å². The highest BCUT2D eigenvalue weighted by molar-refractivity contribution is 7.12. The number of unbranched alkanes of at least 4 members (excludes halogenated alkanes) is 6. The van der Waals surface area contributed by atoms with Gasteiger partial charge in [-0.05, 0) is 67.6 Å². The van der Waals surface area contributed by atoms with Gasteiger partial charge in [0.1, 0.15) is 29.0 Å². The topological polar surface area (TPSA) is 18.5 Å². The van der Waals surface area contributed by atoms with Crippen molar-refractivity contribution in [1.82, 2.24) is 0 Å². The summed E-state index contributed by atoms with van der Waals surface area (Å²) in [6, 6.07) is 46.1. The molecule has 0 unspecified atom stereocenters. The van der Waals surface area contributed by atoms with E-state index >= 15 is 0 Å². The lowest BCUT2D eigenvalue weighted by Crippen LogP contribution is -2.67. The molecule has 0 heterocycles. The zero-order valence-corrected chi connectivity index (χ0v) is 35.0. The van der Waals surface area contributed by atoms with Crippen LogP contribution in [-0.4, -0.2) is 26.5 Å². The van der Waals surface area contributed by atoms with Crippen molar-refractivity contribution < 1.29 is 22.6 Å². The van der Waals surface area contributed by atoms with Crippen LogP contribution in [0.4, 0.5) is 13.2 Å². The van der Waals surface area contributed by atoms with E-state index < -0.39 is 12.3 Å². The average Bonchev–Trinajstić information content (AvgIpc) is 3.26. The number of aryl methyl sites for hydroxylation is 1. The fourth-order valence-corrected chi connectivity index (χ4v) is 9.04. The van der Waals surface area contributed by atoms with Gasteiger partial charge in [-0.15, -0.1) is 0 Å². The van der Waals surface area contributed by atoms with Crippen LogP contribution in [0.25, 0.3) is 0 Å². The third-order valence-electron chi connectivity index (χ3n) is 12.3. The zero-order valence-electron chi connectivity index (χ0n) is 35.0. The lowest BCUT2D eigenvalue weighted by molar-refractivity contribution is 0.415. The van der Waals surface area contributed by atoms with Gasteiger partial charge in [0.25, 0.3) is 0 Å². The van der Waals surface area contributed by atoms with Crippen LogP contribution in [0.1, 0.15) is 70.8 Å². The standard InChI is InChI=1S/C27H34BO2.C24H25BF3/c1-5-6-7-8-21-28(23-11-9-22(2)10-12-23,24-13-17-26(29-3)18-14-24)25-15-19-27(30-4)20-16-25;1-2-3-4-5-18-25(19-6-12-22(26)13-7-19,20-8-14-23(27)15-9-20)21-10-16-24(28)17-11-21/h9-20H,5-8,21H2,1-4H3;6-17H,2-5,18H2,1H3/q2*-1. The van der Waals surface area contributed by atoms with E-state index in [0.29, 0.717) is 0 Å². The molecule has 0 saturated heterocycles. The number of hydrogen-bond acceptors (Lipinski definition) is 2. The van der Waals surface area contributed by atoms with E-state index in [1.165, 1.54) is 84.0 Å². The minimum absolute atomic E-state index is 0.294. The van der Waals surface area contributed by atoms with E-state index in [-0.39, 0.29) is 17.5 Å². The molecule has 0 atom stereocenters. The molecule has 0 bridgehead atoms. The Morgan fingerprint density at radius 1 is 0.362 bits per heavy atom. The molecule has 0 radical (unpaired) electrons. The molecule has 6 rings (SSSR count). The zero-order chi connectivity index (χ0) is 41.4. The fraction of sp³-hybridized carbons (Fsp3) is 0.294. The Morgan fingerprint density at radius 2 is 0.621 bits per heavy atom. The molecule has 58 heavy (non-hydrogen) atoms. The van der Waals surface area contributed by atoms with Gasteiger partial charge in [-0.25, -0.2) is 13.2 Å². The van der Waals surface area contributed by atoms with Crippen molar-refractivity contribution in [3.63, 3.8) is 0 Å². The van der Waals surface area contributed by atoms with Crippen LogP contribution in [0, 0.1) is 24.4 Å². The van der Waals surface area contributed by atoms with Crippen molar-refractivity contribution in [2.45, 2.75) is 84.8 Å². The third-order valence-corrected chi connectivity index (χ3v) is 12.3. The Hall–Kier alpha value is -5.16. The lowest BCUT2D eigenvalue weighted by atomic mass is 9.14. The van der Waals surface area contributed by atoms with Gasteiger partial charge in [0.05, 0.1) is 26.5 Å². The van der Waals surface area contributed by atoms with Crippen molar-refractivity contribution in [2.75, 3.05) is 14.2 Å². The van der Waals surface area contributed by atoms with Crippen LogP contribution in [-0.2, 0) is 0 Å². The molecule has 304 valence electrons. The molecule has 0 aliphatic heterocycles. The Labute approximate surface area is 345 Å². The van der Waals surface area contributed by atoms with Gasteiger partial charge in [0, 0.05) is 0 Å². The normalized spacial score (nSPS) is 11.4. The molecule has 0 spiro atoms. The first-order valence-electron chi connectivity index (χ1n) is 21.2. The van der Waals surface area contributed by atoms with E-state index in [0.717, 1.165) is 66.2 Å². The predicted molar refractivity (Wildman–Crippen MR) is 244 cm³/mol. The van der Waals surface area contributed by atoms with Crippen molar-refractivity contribution in [2.24, 2.45) is 0 Å². The molecule has 6 aromatic carbocycles. The first kappa shape index (κ1) is 44.0. The highest BCUT2D eigenvalue weighted by atomic mass is 19.1. The smallest absolute Gasteiger partial charge is 0.122 e. The summed E-state index contributed by atoms with van der Waals surface area (Å²) < 4.78 is 51.8. The summed E-state index contributed by atoms with van der Waals surface area (Å²) in [6.07, 6.45) is 8.74. The quantitative estimate of drug-likeness (QED) is 0.0639. The Bertz CT molecular complexity index is 1930. The maximum absolute atomic E-state index is 13.6. The van der Waals surface area contributed by atoms with Gasteiger partial charge in [0.15, 0.2) is 0 Å². The molecular formula is C51H59B2F3O2-2. The monoisotopic (exact) mass is 782 g/mol. The second kappa shape index (κ2) is 21.6. The Morgan fingerprint density at radius 3 is 0.879 bits per heavy atom. The molecule has 0 fully saturated rings. The molecule has 0 N–H and O–H groups in total. The highest BCUT2D eigenvalue weighted by Gasteiger charge is 2.31. The summed E-state index contributed by atoms with van der Waals surface area (Å²) in [5.41, 5.74) is 8.36. The van der Waals surface area contributed by atoms with Crippen LogP contribution in [0.2, 0.25) is 12.6 Å². The second-order valence-corrected chi connectivity index (χ2v) is 15.9. The SMILES string of the molecule is CCCCCC[B-](c1ccc(C)cc1)(c1ccc(OC)cc1)c1ccc(OC)cc1.CCCCCC[B-](c1ccc(F)cc1)(c1ccc(F)cc1)c1ccc(F)cc1. The summed E-state index contributed by atoms with van der Waals surface area (Å²) in [6.45, 7) is 6.59. The van der Waals surface area contributed by atoms with E-state index in [2.05, 4.69) is 93.6 Å². The van der Waals surface area contributed by atoms with Gasteiger partial charge in [-0.3, -0.25) is 0 Å². The van der Waals surface area contributed by atoms with Gasteiger partial charge in [-0.1, -0.05) is 156 Å². The summed E-state index contributed by atoms with van der Waals surface area (Å²) in [5, 5.41) is 0. The average molecular weight is 783 g/mol. The third kappa shape index (κ3) is 10.7. The van der Waals surface area contributed by atoms with Crippen molar-refractivity contribution in [3.05, 3.63) is 169 Å². The molecular weight excluding hydrogens is 723 g/mol. The summed E-state index contributed by atoms with van der Waals surface area (Å²) >= 11 is 0. The van der Waals surface area contributed by atoms with Crippen molar-refractivity contribution in [3.8, 4) is 11.5 Å². The van der Waals surface area contributed by atoms with Crippen molar-refractivity contribution in [1.29, 1.82) is 0 Å². The maximum Gasteiger partial charge on any atom is 0.122 e. The lowest BCUT2D eigenvalue weighted by Gasteiger charge is -2.43. The first-order valence-corrected chi connectivity index (χ1v) is 21.2. The fourth-order valence-electron chi connectivity index (χ4n) is 9.04. The molecule has 0 aliphatic rings. The van der Waals surface area contributed by atoms with Crippen LogP contribution in [0.3, 0.4) is 0 Å². The van der Waals surface area contributed by atoms with Crippen LogP contribution in [0.5, 0.6) is 11.5 Å². The van der Waals surface area contributed by atoms with E-state index in [4.69, 9.17) is 9.47 Å². The predicted octanol–water partition coefficient (Wildman–Crippen LogP) is 10.2. The van der Waals surface area contributed by atoms with E-state index in [1.54, 1.807) is 14.2 Å². The molecule has 2 nitrogen and oxygen atoms in total. The van der Waals surface area contributed by atoms with E-state index in [1.807, 2.05) is 36.4 Å². The minimum Gasteiger partial charge on any atom is -0.497 e. The largest absolute Gasteiger partial charge is 0.497 e. The number of benzene rings is 6. The molecule has 0 amide bonds. The van der Waals surface area contributed by atoms with Gasteiger partial charge < -0.3 is 9.47 Å². The highest BCUT2D eigenvalue weighted by Crippen LogP contribution is 2.22. The minimum atomic E-state index is -1.47. The molecule has 0 aliphatic carbocycles. The van der Waals surface area contributed by atoms with E-state index in [9.17, 15) is 13.2 Å². The Kier molecular flexibility index (Phi) is 16.3. The molecule has 0 aromatic heterocycles.